The van der Waals surface area contributed by atoms with Gasteiger partial charge in [-0.2, -0.15) is 5.10 Å². The lowest BCUT2D eigenvalue weighted by Gasteiger charge is -1.99. The van der Waals surface area contributed by atoms with Gasteiger partial charge in [-0.25, -0.2) is 9.82 Å². The van der Waals surface area contributed by atoms with E-state index in [0.29, 0.717) is 10.3 Å². The molecule has 3 rings (SSSR count). The van der Waals surface area contributed by atoms with E-state index in [2.05, 4.69) is 10.5 Å². The van der Waals surface area contributed by atoms with E-state index in [4.69, 9.17) is 11.6 Å². The van der Waals surface area contributed by atoms with Crippen LogP contribution in [0.4, 0.5) is 10.1 Å². The van der Waals surface area contributed by atoms with Gasteiger partial charge < -0.3 is 0 Å². The summed E-state index contributed by atoms with van der Waals surface area (Å²) in [4.78, 5) is 22.7. The van der Waals surface area contributed by atoms with Gasteiger partial charge in [0, 0.05) is 27.8 Å². The molecule has 3 aromatic rings. The van der Waals surface area contributed by atoms with E-state index in [0.717, 1.165) is 10.9 Å². The number of rotatable bonds is 4. The summed E-state index contributed by atoms with van der Waals surface area (Å²) in [5.74, 6) is -1.06. The topological polar surface area (TPSA) is 84.6 Å². The fraction of sp³-hybridized carbons (Fsp3) is 0. The molecule has 0 atom stereocenters. The summed E-state index contributed by atoms with van der Waals surface area (Å²) in [5.41, 5.74) is 2.30. The number of amides is 1. The number of carbonyl (C=O) groups excluding carboxylic acids is 1. The number of hydrogen-bond acceptors (Lipinski definition) is 5. The molecular weight excluding hydrogens is 369 g/mol. The number of fused-ring (bicyclic) bond motifs is 1. The van der Waals surface area contributed by atoms with E-state index >= 15 is 0 Å². The van der Waals surface area contributed by atoms with Crippen molar-refractivity contribution in [1.82, 2.24) is 5.43 Å². The van der Waals surface area contributed by atoms with Crippen molar-refractivity contribution < 1.29 is 14.1 Å². The molecule has 126 valence electrons. The second-order valence-corrected chi connectivity index (χ2v) is 6.42. The minimum Gasteiger partial charge on any atom is -0.266 e. The lowest BCUT2D eigenvalue weighted by atomic mass is 10.2. The van der Waals surface area contributed by atoms with Crippen molar-refractivity contribution in [2.45, 2.75) is 0 Å². The summed E-state index contributed by atoms with van der Waals surface area (Å²) in [6, 6.07) is 10.1. The molecule has 1 N–H and O–H groups in total. The van der Waals surface area contributed by atoms with E-state index in [1.807, 2.05) is 0 Å². The number of halogens is 2. The Balaban J connectivity index is 1.78. The Kier molecular flexibility index (Phi) is 4.73. The van der Waals surface area contributed by atoms with Crippen molar-refractivity contribution in [3.8, 4) is 0 Å². The zero-order chi connectivity index (χ0) is 18.0. The van der Waals surface area contributed by atoms with Crippen LogP contribution in [0.3, 0.4) is 0 Å². The molecule has 0 aliphatic heterocycles. The van der Waals surface area contributed by atoms with Crippen LogP contribution in [-0.2, 0) is 0 Å². The summed E-state index contributed by atoms with van der Waals surface area (Å²) >= 11 is 7.03. The lowest BCUT2D eigenvalue weighted by Crippen LogP contribution is -2.16. The predicted octanol–water partition coefficient (Wildman–Crippen LogP) is 4.37. The number of nitro benzene ring substituents is 1. The highest BCUT2D eigenvalue weighted by Crippen LogP contribution is 2.28. The van der Waals surface area contributed by atoms with Crippen LogP contribution in [0.1, 0.15) is 15.2 Å². The number of nitrogens with one attached hydrogen (secondary N) is 1. The normalized spacial score (nSPS) is 11.1. The van der Waals surface area contributed by atoms with E-state index < -0.39 is 16.6 Å². The van der Waals surface area contributed by atoms with Crippen LogP contribution >= 0.6 is 22.9 Å². The van der Waals surface area contributed by atoms with Crippen LogP contribution < -0.4 is 5.43 Å². The SMILES string of the molecule is O=C(NN=Cc1c(F)cccc1Cl)c1cc2cc([N+](=O)[O-])ccc2s1. The molecule has 25 heavy (non-hydrogen) atoms. The van der Waals surface area contributed by atoms with Gasteiger partial charge in [0.1, 0.15) is 5.82 Å². The van der Waals surface area contributed by atoms with Crippen molar-refractivity contribution in [2.75, 3.05) is 0 Å². The number of thiophene rings is 1. The first-order chi connectivity index (χ1) is 12.0. The van der Waals surface area contributed by atoms with Crippen LogP contribution in [0.25, 0.3) is 10.1 Å². The van der Waals surface area contributed by atoms with Crippen molar-refractivity contribution >= 4 is 50.8 Å². The van der Waals surface area contributed by atoms with Gasteiger partial charge in [0.25, 0.3) is 11.6 Å². The Morgan fingerprint density at radius 2 is 2.12 bits per heavy atom. The molecule has 0 spiro atoms. The van der Waals surface area contributed by atoms with Gasteiger partial charge in [0.15, 0.2) is 0 Å². The standard InChI is InChI=1S/C16H9ClFN3O3S/c17-12-2-1-3-13(18)11(12)8-19-20-16(22)15-7-9-6-10(21(23)24)4-5-14(9)25-15/h1-8H,(H,20,22). The molecule has 6 nitrogen and oxygen atoms in total. The number of hydrogen-bond donors (Lipinski definition) is 1. The summed E-state index contributed by atoms with van der Waals surface area (Å²) in [5, 5.41) is 15.3. The largest absolute Gasteiger partial charge is 0.281 e. The van der Waals surface area contributed by atoms with E-state index in [1.54, 1.807) is 6.07 Å². The number of non-ortho nitro benzene ring substituents is 1. The van der Waals surface area contributed by atoms with Gasteiger partial charge in [-0.1, -0.05) is 17.7 Å². The quantitative estimate of drug-likeness (QED) is 0.416. The molecule has 1 heterocycles. The third-order valence-corrected chi connectivity index (χ3v) is 4.74. The first kappa shape index (κ1) is 17.0. The lowest BCUT2D eigenvalue weighted by molar-refractivity contribution is -0.384. The highest BCUT2D eigenvalue weighted by Gasteiger charge is 2.13. The third kappa shape index (κ3) is 3.65. The predicted molar refractivity (Wildman–Crippen MR) is 94.9 cm³/mol. The first-order valence-electron chi connectivity index (χ1n) is 6.91. The van der Waals surface area contributed by atoms with Gasteiger partial charge in [-0.05, 0) is 24.3 Å². The Morgan fingerprint density at radius 1 is 1.32 bits per heavy atom. The Morgan fingerprint density at radius 3 is 2.84 bits per heavy atom. The van der Waals surface area contributed by atoms with Crippen LogP contribution in [0.2, 0.25) is 5.02 Å². The third-order valence-electron chi connectivity index (χ3n) is 3.29. The Labute approximate surface area is 149 Å². The van der Waals surface area contributed by atoms with E-state index in [-0.39, 0.29) is 16.3 Å². The molecule has 0 saturated heterocycles. The number of nitro groups is 1. The van der Waals surface area contributed by atoms with Crippen molar-refractivity contribution in [1.29, 1.82) is 0 Å². The minimum absolute atomic E-state index is 0.0514. The second-order valence-electron chi connectivity index (χ2n) is 4.92. The van der Waals surface area contributed by atoms with Crippen LogP contribution in [-0.4, -0.2) is 17.0 Å². The molecule has 0 aliphatic rings. The van der Waals surface area contributed by atoms with Crippen molar-refractivity contribution in [3.63, 3.8) is 0 Å². The maximum Gasteiger partial charge on any atom is 0.281 e. The van der Waals surface area contributed by atoms with E-state index in [9.17, 15) is 19.3 Å². The molecular formula is C16H9ClFN3O3S. The average molecular weight is 378 g/mol. The Bertz CT molecular complexity index is 999. The number of nitrogens with zero attached hydrogens (tertiary/aromatic N) is 2. The highest BCUT2D eigenvalue weighted by atomic mass is 35.5. The smallest absolute Gasteiger partial charge is 0.266 e. The van der Waals surface area contributed by atoms with Crippen LogP contribution in [0, 0.1) is 15.9 Å². The molecule has 2 aromatic carbocycles. The second kappa shape index (κ2) is 6.96. The molecule has 0 radical (unpaired) electrons. The highest BCUT2D eigenvalue weighted by molar-refractivity contribution is 7.20. The van der Waals surface area contributed by atoms with Crippen molar-refractivity contribution in [3.05, 3.63) is 73.9 Å². The number of hydrazone groups is 1. The fourth-order valence-corrected chi connectivity index (χ4v) is 3.25. The first-order valence-corrected chi connectivity index (χ1v) is 8.10. The Hall–Kier alpha value is -2.84. The van der Waals surface area contributed by atoms with E-state index in [1.165, 1.54) is 47.7 Å². The van der Waals surface area contributed by atoms with Gasteiger partial charge >= 0.3 is 0 Å². The molecule has 1 aromatic heterocycles. The van der Waals surface area contributed by atoms with Crippen molar-refractivity contribution in [2.24, 2.45) is 5.10 Å². The van der Waals surface area contributed by atoms with Gasteiger partial charge in [-0.15, -0.1) is 11.3 Å². The molecule has 0 bridgehead atoms. The van der Waals surface area contributed by atoms with Crippen LogP contribution in [0.5, 0.6) is 0 Å². The molecule has 0 aliphatic carbocycles. The zero-order valence-electron chi connectivity index (χ0n) is 12.4. The summed E-state index contributed by atoms with van der Waals surface area (Å²) in [7, 11) is 0. The molecule has 9 heteroatoms. The summed E-state index contributed by atoms with van der Waals surface area (Å²) in [6.07, 6.45) is 1.12. The fourth-order valence-electron chi connectivity index (χ4n) is 2.10. The molecule has 0 fully saturated rings. The molecule has 1 amide bonds. The molecule has 0 unspecified atom stereocenters. The monoisotopic (exact) mass is 377 g/mol. The number of carbonyl (C=O) groups is 1. The zero-order valence-corrected chi connectivity index (χ0v) is 14.0. The average Bonchev–Trinajstić information content (AvgIpc) is 3.00. The number of benzene rings is 2. The van der Waals surface area contributed by atoms with Gasteiger partial charge in [0.05, 0.1) is 21.0 Å². The maximum atomic E-state index is 13.6. The molecule has 0 saturated carbocycles. The van der Waals surface area contributed by atoms with Gasteiger partial charge in [-0.3, -0.25) is 14.9 Å². The summed E-state index contributed by atoms with van der Waals surface area (Å²) < 4.78 is 14.3. The minimum atomic E-state index is -0.556. The summed E-state index contributed by atoms with van der Waals surface area (Å²) in [6.45, 7) is 0. The van der Waals surface area contributed by atoms with Crippen LogP contribution in [0.15, 0.2) is 47.6 Å². The maximum absolute atomic E-state index is 13.6. The van der Waals surface area contributed by atoms with Gasteiger partial charge in [0.2, 0.25) is 0 Å².